The number of aliphatic carboxylic acids is 1. The minimum Gasteiger partial charge on any atom is -0.480 e. The van der Waals surface area contributed by atoms with E-state index >= 15 is 0 Å². The molecule has 0 spiro atoms. The molecule has 1 aromatic rings. The fourth-order valence-corrected chi connectivity index (χ4v) is 3.01. The smallest absolute Gasteiger partial charge is 0.323 e. The Bertz CT molecular complexity index is 657. The Morgan fingerprint density at radius 1 is 1.19 bits per heavy atom. The van der Waals surface area contributed by atoms with Gasteiger partial charge in [-0.1, -0.05) is 29.8 Å². The second-order valence-corrected chi connectivity index (χ2v) is 7.12. The Balaban J connectivity index is 2.00. The molecule has 0 radical (unpaired) electrons. The molecule has 1 aliphatic rings. The van der Waals surface area contributed by atoms with Gasteiger partial charge in [-0.3, -0.25) is 14.4 Å². The lowest BCUT2D eigenvalue weighted by molar-refractivity contribution is -0.146. The first-order chi connectivity index (χ1) is 12.3. The monoisotopic (exact) mass is 361 g/mol. The Labute approximate surface area is 154 Å². The molecule has 1 aliphatic heterocycles. The number of benzene rings is 1. The molecule has 26 heavy (non-hydrogen) atoms. The number of carbonyl (C=O) groups excluding carboxylic acids is 2. The molecule has 1 aromatic carbocycles. The number of likely N-dealkylation sites (tertiary alicyclic amines) is 1. The number of aryl methyl sites for hydroxylation is 1. The summed E-state index contributed by atoms with van der Waals surface area (Å²) in [6.07, 6.45) is 0.142. The van der Waals surface area contributed by atoms with E-state index in [-0.39, 0.29) is 24.8 Å². The Hall–Kier alpha value is -2.41. The summed E-state index contributed by atoms with van der Waals surface area (Å²) in [7, 11) is 3.73. The number of likely N-dealkylation sites (N-methyl/N-ethyl adjacent to an activating group) is 1. The van der Waals surface area contributed by atoms with Gasteiger partial charge in [0.05, 0.1) is 5.92 Å². The van der Waals surface area contributed by atoms with E-state index in [0.717, 1.165) is 11.1 Å². The maximum atomic E-state index is 12.7. The molecule has 0 bridgehead atoms. The first-order valence-corrected chi connectivity index (χ1v) is 8.75. The van der Waals surface area contributed by atoms with Crippen LogP contribution in [0, 0.1) is 12.8 Å². The summed E-state index contributed by atoms with van der Waals surface area (Å²) in [5, 5.41) is 9.08. The van der Waals surface area contributed by atoms with Crippen molar-refractivity contribution < 1.29 is 19.5 Å². The normalized spacial score (nSPS) is 17.0. The SMILES string of the molecule is Cc1ccc(CN2C[C@H](C(=O)N(CCN(C)C)CC(=O)O)CC2=O)cc1. The molecular formula is C19H27N3O4. The number of hydrogen-bond donors (Lipinski definition) is 1. The van der Waals surface area contributed by atoms with Crippen molar-refractivity contribution >= 4 is 17.8 Å². The van der Waals surface area contributed by atoms with Crippen molar-refractivity contribution in [3.63, 3.8) is 0 Å². The molecule has 0 aliphatic carbocycles. The van der Waals surface area contributed by atoms with E-state index in [1.54, 1.807) is 4.90 Å². The summed E-state index contributed by atoms with van der Waals surface area (Å²) in [5.74, 6) is -1.84. The quantitative estimate of drug-likeness (QED) is 0.741. The zero-order valence-corrected chi connectivity index (χ0v) is 15.6. The third kappa shape index (κ3) is 5.56. The van der Waals surface area contributed by atoms with Crippen molar-refractivity contribution in [3.05, 3.63) is 35.4 Å². The van der Waals surface area contributed by atoms with Gasteiger partial charge in [0.2, 0.25) is 11.8 Å². The standard InChI is InChI=1S/C19H27N3O4/c1-14-4-6-15(7-5-14)11-22-12-16(10-17(22)23)19(26)21(13-18(24)25)9-8-20(2)3/h4-7,16H,8-13H2,1-3H3,(H,24,25)/t16-/m1/s1. The topological polar surface area (TPSA) is 81.2 Å². The van der Waals surface area contributed by atoms with Crippen molar-refractivity contribution in [2.45, 2.75) is 19.9 Å². The lowest BCUT2D eigenvalue weighted by atomic mass is 10.1. The van der Waals surface area contributed by atoms with Crippen molar-refractivity contribution in [2.75, 3.05) is 40.3 Å². The Morgan fingerprint density at radius 2 is 1.85 bits per heavy atom. The van der Waals surface area contributed by atoms with Gasteiger partial charge in [0, 0.05) is 32.6 Å². The lowest BCUT2D eigenvalue weighted by Gasteiger charge is -2.25. The summed E-state index contributed by atoms with van der Waals surface area (Å²) in [5.41, 5.74) is 2.17. The van der Waals surface area contributed by atoms with Crippen LogP contribution in [0.4, 0.5) is 0 Å². The third-order valence-corrected chi connectivity index (χ3v) is 4.51. The van der Waals surface area contributed by atoms with Crippen molar-refractivity contribution in [1.82, 2.24) is 14.7 Å². The number of carboxylic acids is 1. The molecular weight excluding hydrogens is 334 g/mol. The predicted molar refractivity (Wildman–Crippen MR) is 97.5 cm³/mol. The molecule has 2 rings (SSSR count). The molecule has 1 N–H and O–H groups in total. The maximum Gasteiger partial charge on any atom is 0.323 e. The third-order valence-electron chi connectivity index (χ3n) is 4.51. The predicted octanol–water partition coefficient (Wildman–Crippen LogP) is 0.818. The summed E-state index contributed by atoms with van der Waals surface area (Å²) >= 11 is 0. The second-order valence-electron chi connectivity index (χ2n) is 7.12. The van der Waals surface area contributed by atoms with Gasteiger partial charge in [0.15, 0.2) is 0 Å². The van der Waals surface area contributed by atoms with Gasteiger partial charge in [-0.15, -0.1) is 0 Å². The van der Waals surface area contributed by atoms with Gasteiger partial charge >= 0.3 is 5.97 Å². The highest BCUT2D eigenvalue weighted by molar-refractivity contribution is 5.90. The van der Waals surface area contributed by atoms with Gasteiger partial charge in [0.25, 0.3) is 0 Å². The first-order valence-electron chi connectivity index (χ1n) is 8.75. The summed E-state index contributed by atoms with van der Waals surface area (Å²) in [4.78, 5) is 41.1. The zero-order valence-electron chi connectivity index (χ0n) is 15.6. The van der Waals surface area contributed by atoms with Crippen LogP contribution in [0.15, 0.2) is 24.3 Å². The van der Waals surface area contributed by atoms with Gasteiger partial charge in [-0.2, -0.15) is 0 Å². The van der Waals surface area contributed by atoms with Crippen molar-refractivity contribution in [2.24, 2.45) is 5.92 Å². The van der Waals surface area contributed by atoms with Crippen LogP contribution in [-0.4, -0.2) is 77.9 Å². The van der Waals surface area contributed by atoms with E-state index in [9.17, 15) is 14.4 Å². The van der Waals surface area contributed by atoms with Crippen LogP contribution in [0.5, 0.6) is 0 Å². The molecule has 7 heteroatoms. The lowest BCUT2D eigenvalue weighted by Crippen LogP contribution is -2.43. The van der Waals surface area contributed by atoms with Crippen LogP contribution < -0.4 is 0 Å². The molecule has 1 atom stereocenters. The van der Waals surface area contributed by atoms with Crippen LogP contribution in [0.1, 0.15) is 17.5 Å². The number of carbonyl (C=O) groups is 3. The van der Waals surface area contributed by atoms with E-state index in [0.29, 0.717) is 26.2 Å². The van der Waals surface area contributed by atoms with Crippen LogP contribution in [0.3, 0.4) is 0 Å². The summed E-state index contributed by atoms with van der Waals surface area (Å²) < 4.78 is 0. The molecule has 0 saturated carbocycles. The highest BCUT2D eigenvalue weighted by Gasteiger charge is 2.36. The maximum absolute atomic E-state index is 12.7. The summed E-state index contributed by atoms with van der Waals surface area (Å²) in [6.45, 7) is 3.39. The van der Waals surface area contributed by atoms with Crippen molar-refractivity contribution in [1.29, 1.82) is 0 Å². The molecule has 1 fully saturated rings. The number of carboxylic acid groups (broad SMARTS) is 1. The van der Waals surface area contributed by atoms with E-state index in [2.05, 4.69) is 0 Å². The van der Waals surface area contributed by atoms with Gasteiger partial charge in [-0.25, -0.2) is 0 Å². The highest BCUT2D eigenvalue weighted by atomic mass is 16.4. The average Bonchev–Trinajstić information content (AvgIpc) is 2.93. The Kier molecular flexibility index (Phi) is 6.74. The molecule has 1 saturated heterocycles. The fourth-order valence-electron chi connectivity index (χ4n) is 3.01. The average molecular weight is 361 g/mol. The van der Waals surface area contributed by atoms with Gasteiger partial charge in [-0.05, 0) is 26.6 Å². The summed E-state index contributed by atoms with van der Waals surface area (Å²) in [6, 6.07) is 7.94. The van der Waals surface area contributed by atoms with E-state index in [4.69, 9.17) is 5.11 Å². The number of amides is 2. The molecule has 2 amide bonds. The molecule has 1 heterocycles. The molecule has 7 nitrogen and oxygen atoms in total. The van der Waals surface area contributed by atoms with Crippen LogP contribution in [0.2, 0.25) is 0 Å². The molecule has 0 aromatic heterocycles. The minimum atomic E-state index is -1.04. The molecule has 142 valence electrons. The van der Waals surface area contributed by atoms with Gasteiger partial charge < -0.3 is 19.8 Å². The second kappa shape index (κ2) is 8.80. The fraction of sp³-hybridized carbons (Fsp3) is 0.526. The van der Waals surface area contributed by atoms with E-state index in [1.165, 1.54) is 4.90 Å². The van der Waals surface area contributed by atoms with Crippen LogP contribution in [-0.2, 0) is 20.9 Å². The number of nitrogens with zero attached hydrogens (tertiary/aromatic N) is 3. The first kappa shape index (κ1) is 19.9. The molecule has 0 unspecified atom stereocenters. The van der Waals surface area contributed by atoms with Crippen LogP contribution in [0.25, 0.3) is 0 Å². The number of hydrogen-bond acceptors (Lipinski definition) is 4. The largest absolute Gasteiger partial charge is 0.480 e. The zero-order chi connectivity index (χ0) is 19.3. The van der Waals surface area contributed by atoms with Gasteiger partial charge in [0.1, 0.15) is 6.54 Å². The number of rotatable bonds is 8. The van der Waals surface area contributed by atoms with Crippen molar-refractivity contribution in [3.8, 4) is 0 Å². The highest BCUT2D eigenvalue weighted by Crippen LogP contribution is 2.22. The minimum absolute atomic E-state index is 0.0631. The Morgan fingerprint density at radius 3 is 2.42 bits per heavy atom. The van der Waals surface area contributed by atoms with Crippen LogP contribution >= 0.6 is 0 Å². The van der Waals surface area contributed by atoms with E-state index in [1.807, 2.05) is 50.2 Å². The van der Waals surface area contributed by atoms with E-state index < -0.39 is 11.9 Å².